The Morgan fingerprint density at radius 3 is 2.79 bits per heavy atom. The molecule has 1 atom stereocenters. The Kier molecular flexibility index (Phi) is 8.66. The van der Waals surface area contributed by atoms with Crippen LogP contribution in [-0.4, -0.2) is 50.9 Å². The predicted molar refractivity (Wildman–Crippen MR) is 99.4 cm³/mol. The monoisotopic (exact) mass is 395 g/mol. The van der Waals surface area contributed by atoms with Crippen molar-refractivity contribution in [1.29, 1.82) is 0 Å². The van der Waals surface area contributed by atoms with E-state index >= 15 is 0 Å². The summed E-state index contributed by atoms with van der Waals surface area (Å²) in [6.07, 6.45) is 2.31. The van der Waals surface area contributed by atoms with Gasteiger partial charge in [0.1, 0.15) is 4.21 Å². The zero-order valence-electron chi connectivity index (χ0n) is 14.1. The molecule has 1 aliphatic heterocycles. The molecule has 0 spiro atoms. The molecule has 1 saturated heterocycles. The van der Waals surface area contributed by atoms with Gasteiger partial charge in [0, 0.05) is 37.5 Å². The summed E-state index contributed by atoms with van der Waals surface area (Å²) >= 11 is 1.30. The molecule has 1 fully saturated rings. The lowest BCUT2D eigenvalue weighted by Gasteiger charge is -2.26. The highest BCUT2D eigenvalue weighted by Crippen LogP contribution is 2.28. The summed E-state index contributed by atoms with van der Waals surface area (Å²) in [5, 5.41) is 5.96. The van der Waals surface area contributed by atoms with Crippen LogP contribution in [0.15, 0.2) is 16.3 Å². The van der Waals surface area contributed by atoms with Gasteiger partial charge < -0.3 is 10.6 Å². The third-order valence-electron chi connectivity index (χ3n) is 3.83. The van der Waals surface area contributed by atoms with Gasteiger partial charge in [-0.15, -0.1) is 23.7 Å². The second-order valence-electron chi connectivity index (χ2n) is 5.72. The molecule has 1 unspecified atom stereocenters. The number of amides is 1. The number of carbonyl (C=O) groups excluding carboxylic acids is 1. The maximum Gasteiger partial charge on any atom is 0.252 e. The molecule has 24 heavy (non-hydrogen) atoms. The van der Waals surface area contributed by atoms with Crippen molar-refractivity contribution in [3.8, 4) is 0 Å². The van der Waals surface area contributed by atoms with Crippen LogP contribution in [0.3, 0.4) is 0 Å². The summed E-state index contributed by atoms with van der Waals surface area (Å²) in [6.45, 7) is 6.14. The van der Waals surface area contributed by atoms with Crippen molar-refractivity contribution in [3.05, 3.63) is 17.0 Å². The molecular formula is C15H26ClN3O3S2. The van der Waals surface area contributed by atoms with Gasteiger partial charge in [-0.05, 0) is 37.9 Å². The Bertz CT molecular complexity index is 628. The number of hydrogen-bond donors (Lipinski definition) is 2. The first kappa shape index (κ1) is 21.4. The quantitative estimate of drug-likeness (QED) is 0.701. The summed E-state index contributed by atoms with van der Waals surface area (Å²) in [6, 6.07) is 3.58. The third kappa shape index (κ3) is 5.42. The highest BCUT2D eigenvalue weighted by Gasteiger charge is 2.33. The zero-order valence-corrected chi connectivity index (χ0v) is 16.5. The van der Waals surface area contributed by atoms with E-state index in [9.17, 15) is 13.2 Å². The highest BCUT2D eigenvalue weighted by molar-refractivity contribution is 7.91. The minimum absolute atomic E-state index is 0. The molecule has 2 rings (SSSR count). The topological polar surface area (TPSA) is 78.5 Å². The maximum absolute atomic E-state index is 12.9. The lowest BCUT2D eigenvalue weighted by Crippen LogP contribution is -2.41. The third-order valence-corrected chi connectivity index (χ3v) is 7.40. The average Bonchev–Trinajstić information content (AvgIpc) is 3.15. The molecule has 1 amide bonds. The molecule has 1 aromatic rings. The van der Waals surface area contributed by atoms with Crippen LogP contribution in [0.5, 0.6) is 0 Å². The van der Waals surface area contributed by atoms with Gasteiger partial charge in [0.05, 0.1) is 0 Å². The Hall–Kier alpha value is -0.670. The Morgan fingerprint density at radius 2 is 2.21 bits per heavy atom. The van der Waals surface area contributed by atoms with Crippen LogP contribution in [0.4, 0.5) is 0 Å². The highest BCUT2D eigenvalue weighted by atomic mass is 35.5. The van der Waals surface area contributed by atoms with Crippen molar-refractivity contribution in [2.24, 2.45) is 0 Å². The summed E-state index contributed by atoms with van der Waals surface area (Å²) in [5.41, 5.74) is 0. The molecule has 6 nitrogen and oxygen atoms in total. The van der Waals surface area contributed by atoms with Crippen molar-refractivity contribution in [2.45, 2.75) is 43.4 Å². The number of halogens is 1. The smallest absolute Gasteiger partial charge is 0.252 e. The Morgan fingerprint density at radius 1 is 1.46 bits per heavy atom. The molecule has 0 saturated carbocycles. The van der Waals surface area contributed by atoms with E-state index in [4.69, 9.17) is 0 Å². The number of nitrogens with one attached hydrogen (secondary N) is 2. The van der Waals surface area contributed by atoms with Crippen LogP contribution in [0.1, 0.15) is 31.6 Å². The number of carbonyl (C=O) groups is 1. The molecular weight excluding hydrogens is 370 g/mol. The molecule has 0 aliphatic carbocycles. The van der Waals surface area contributed by atoms with Crippen LogP contribution in [0, 0.1) is 0 Å². The standard InChI is InChI=1S/C15H25N3O3S2.ClH/c1-3-10-18(13-6-8-16-11-13)23(20,21)15-5-4-14(22-15)7-9-17-12(2)19;/h4-5,13,16H,3,6-11H2,1-2H3,(H,17,19);1H. The first-order chi connectivity index (χ1) is 10.9. The summed E-state index contributed by atoms with van der Waals surface area (Å²) in [7, 11) is -3.44. The van der Waals surface area contributed by atoms with Crippen LogP contribution in [0.25, 0.3) is 0 Å². The molecule has 0 aromatic carbocycles. The van der Waals surface area contributed by atoms with E-state index in [0.29, 0.717) is 23.7 Å². The number of hydrogen-bond acceptors (Lipinski definition) is 5. The number of sulfonamides is 1. The average molecular weight is 396 g/mol. The van der Waals surface area contributed by atoms with E-state index in [1.54, 1.807) is 10.4 Å². The Balaban J connectivity index is 0.00000288. The minimum Gasteiger partial charge on any atom is -0.356 e. The first-order valence-corrected chi connectivity index (χ1v) is 10.3. The first-order valence-electron chi connectivity index (χ1n) is 8.01. The van der Waals surface area contributed by atoms with Gasteiger partial charge in [-0.25, -0.2) is 8.42 Å². The molecule has 2 N–H and O–H groups in total. The SMILES string of the molecule is CCCN(C1CCNC1)S(=O)(=O)c1ccc(CCNC(C)=O)s1.Cl. The van der Waals surface area contributed by atoms with Gasteiger partial charge >= 0.3 is 0 Å². The molecule has 9 heteroatoms. The van der Waals surface area contributed by atoms with E-state index < -0.39 is 10.0 Å². The van der Waals surface area contributed by atoms with E-state index in [1.165, 1.54) is 18.3 Å². The van der Waals surface area contributed by atoms with E-state index in [2.05, 4.69) is 10.6 Å². The molecule has 138 valence electrons. The fourth-order valence-corrected chi connectivity index (χ4v) is 5.94. The van der Waals surface area contributed by atoms with Crippen molar-refractivity contribution in [1.82, 2.24) is 14.9 Å². The predicted octanol–water partition coefficient (Wildman–Crippen LogP) is 1.61. The normalized spacial score (nSPS) is 17.7. The van der Waals surface area contributed by atoms with Crippen LogP contribution < -0.4 is 10.6 Å². The van der Waals surface area contributed by atoms with Crippen LogP contribution >= 0.6 is 23.7 Å². The molecule has 0 radical (unpaired) electrons. The van der Waals surface area contributed by atoms with E-state index in [1.807, 2.05) is 13.0 Å². The number of rotatable bonds is 8. The van der Waals surface area contributed by atoms with Crippen molar-refractivity contribution < 1.29 is 13.2 Å². The van der Waals surface area contributed by atoms with Crippen molar-refractivity contribution in [3.63, 3.8) is 0 Å². The molecule has 0 bridgehead atoms. The largest absolute Gasteiger partial charge is 0.356 e. The van der Waals surface area contributed by atoms with E-state index in [0.717, 1.165) is 30.8 Å². The number of thiophene rings is 1. The van der Waals surface area contributed by atoms with Crippen LogP contribution in [-0.2, 0) is 21.2 Å². The Labute approximate surface area is 154 Å². The van der Waals surface area contributed by atoms with Gasteiger partial charge in [0.25, 0.3) is 10.0 Å². The lowest BCUT2D eigenvalue weighted by molar-refractivity contribution is -0.118. The molecule has 2 heterocycles. The van der Waals surface area contributed by atoms with Crippen molar-refractivity contribution >= 4 is 39.7 Å². The van der Waals surface area contributed by atoms with Gasteiger partial charge in [-0.3, -0.25) is 4.79 Å². The summed E-state index contributed by atoms with van der Waals surface area (Å²) in [5.74, 6) is -0.0720. The van der Waals surface area contributed by atoms with Crippen LogP contribution in [0.2, 0.25) is 0 Å². The molecule has 1 aliphatic rings. The molecule has 1 aromatic heterocycles. The maximum atomic E-state index is 12.9. The van der Waals surface area contributed by atoms with Gasteiger partial charge in [0.15, 0.2) is 0 Å². The van der Waals surface area contributed by atoms with E-state index in [-0.39, 0.29) is 24.4 Å². The van der Waals surface area contributed by atoms with Gasteiger partial charge in [-0.1, -0.05) is 6.92 Å². The summed E-state index contributed by atoms with van der Waals surface area (Å²) < 4.78 is 27.9. The fourth-order valence-electron chi connectivity index (χ4n) is 2.71. The van der Waals surface area contributed by atoms with Gasteiger partial charge in [0.2, 0.25) is 5.91 Å². The fraction of sp³-hybridized carbons (Fsp3) is 0.667. The zero-order chi connectivity index (χ0) is 16.9. The second-order valence-corrected chi connectivity index (χ2v) is 9.00. The minimum atomic E-state index is -3.44. The lowest BCUT2D eigenvalue weighted by atomic mass is 10.2. The van der Waals surface area contributed by atoms with Crippen molar-refractivity contribution in [2.75, 3.05) is 26.2 Å². The summed E-state index contributed by atoms with van der Waals surface area (Å²) in [4.78, 5) is 11.9. The second kappa shape index (κ2) is 9.72. The van der Waals surface area contributed by atoms with Gasteiger partial charge in [-0.2, -0.15) is 4.31 Å². The number of nitrogens with zero attached hydrogens (tertiary/aromatic N) is 1.